The number of nitrogens with one attached hydrogen (secondary N) is 2. The van der Waals surface area contributed by atoms with Gasteiger partial charge in [0, 0.05) is 6.04 Å². The predicted octanol–water partition coefficient (Wildman–Crippen LogP) is 0.552. The van der Waals surface area contributed by atoms with Gasteiger partial charge in [-0.1, -0.05) is 6.07 Å². The van der Waals surface area contributed by atoms with Gasteiger partial charge in [-0.15, -0.1) is 0 Å². The number of hydrogen-bond donors (Lipinski definition) is 3. The number of rotatable bonds is 4. The van der Waals surface area contributed by atoms with Crippen LogP contribution >= 0.6 is 0 Å². The van der Waals surface area contributed by atoms with E-state index >= 15 is 0 Å². The molecule has 0 aliphatic carbocycles. The molecule has 0 aliphatic heterocycles. The van der Waals surface area contributed by atoms with Crippen molar-refractivity contribution in [3.8, 4) is 0 Å². The van der Waals surface area contributed by atoms with Crippen LogP contribution < -0.4 is 11.0 Å². The van der Waals surface area contributed by atoms with E-state index in [1.807, 2.05) is 13.8 Å². The Morgan fingerprint density at radius 1 is 1.40 bits per heavy atom. The summed E-state index contributed by atoms with van der Waals surface area (Å²) in [6, 6.07) is 4.51. The van der Waals surface area contributed by atoms with Gasteiger partial charge in [0.15, 0.2) is 0 Å². The Bertz CT molecular complexity index is 727. The van der Waals surface area contributed by atoms with Gasteiger partial charge in [-0.25, -0.2) is 9.59 Å². The number of benzene rings is 1. The molecule has 0 saturated heterocycles. The first-order valence-corrected chi connectivity index (χ1v) is 6.14. The molecule has 106 valence electrons. The Labute approximate surface area is 114 Å². The highest BCUT2D eigenvalue weighted by molar-refractivity contribution is 6.01. The van der Waals surface area contributed by atoms with Crippen LogP contribution in [0, 0.1) is 0 Å². The van der Waals surface area contributed by atoms with Crippen LogP contribution in [-0.4, -0.2) is 32.6 Å². The summed E-state index contributed by atoms with van der Waals surface area (Å²) in [7, 11) is 0. The van der Waals surface area contributed by atoms with Gasteiger partial charge in [-0.3, -0.25) is 9.36 Å². The smallest absolute Gasteiger partial charge is 0.337 e. The summed E-state index contributed by atoms with van der Waals surface area (Å²) in [4.78, 5) is 37.2. The van der Waals surface area contributed by atoms with E-state index in [0.717, 1.165) is 0 Å². The normalized spacial score (nSPS) is 10.9. The highest BCUT2D eigenvalue weighted by atomic mass is 16.4. The van der Waals surface area contributed by atoms with Crippen LogP contribution in [0.5, 0.6) is 0 Å². The van der Waals surface area contributed by atoms with E-state index in [1.54, 1.807) is 6.07 Å². The second-order valence-electron chi connectivity index (χ2n) is 4.74. The van der Waals surface area contributed by atoms with E-state index in [9.17, 15) is 14.4 Å². The molecule has 0 bridgehead atoms. The fraction of sp³-hybridized carbons (Fsp3) is 0.308. The minimum absolute atomic E-state index is 0.00242. The number of H-pyrrole nitrogens is 1. The Morgan fingerprint density at radius 3 is 2.70 bits per heavy atom. The molecule has 0 spiro atoms. The number of aromatic amines is 1. The average molecular weight is 277 g/mol. The largest absolute Gasteiger partial charge is 0.478 e. The summed E-state index contributed by atoms with van der Waals surface area (Å²) < 4.78 is 1.22. The van der Waals surface area contributed by atoms with Crippen molar-refractivity contribution in [1.29, 1.82) is 0 Å². The van der Waals surface area contributed by atoms with E-state index in [1.165, 1.54) is 16.7 Å². The molecule has 0 atom stereocenters. The number of hydrogen-bond acceptors (Lipinski definition) is 3. The predicted molar refractivity (Wildman–Crippen MR) is 72.8 cm³/mol. The van der Waals surface area contributed by atoms with Crippen LogP contribution in [0.3, 0.4) is 0 Å². The third-order valence-electron chi connectivity index (χ3n) is 2.79. The molecule has 2 rings (SSSR count). The van der Waals surface area contributed by atoms with Gasteiger partial charge >= 0.3 is 11.7 Å². The fourth-order valence-corrected chi connectivity index (χ4v) is 2.03. The number of aromatic carboxylic acids is 1. The zero-order chi connectivity index (χ0) is 14.9. The first-order valence-electron chi connectivity index (χ1n) is 6.14. The van der Waals surface area contributed by atoms with Gasteiger partial charge in [-0.2, -0.15) is 0 Å². The topological polar surface area (TPSA) is 104 Å². The molecule has 2 aromatic rings. The summed E-state index contributed by atoms with van der Waals surface area (Å²) >= 11 is 0. The minimum atomic E-state index is -1.13. The number of fused-ring (bicyclic) bond motifs is 1. The van der Waals surface area contributed by atoms with Crippen molar-refractivity contribution in [3.63, 3.8) is 0 Å². The first kappa shape index (κ1) is 13.9. The Kier molecular flexibility index (Phi) is 3.60. The van der Waals surface area contributed by atoms with Crippen LogP contribution in [0.4, 0.5) is 0 Å². The van der Waals surface area contributed by atoms with Gasteiger partial charge < -0.3 is 15.4 Å². The molecule has 0 aliphatic rings. The standard InChI is InChI=1S/C13H15N3O4/c1-7(2)14-10(17)6-16-9-5-3-4-8(12(18)19)11(9)15-13(16)20/h3-5,7H,6H2,1-2H3,(H,14,17)(H,15,20)(H,18,19). The maximum Gasteiger partial charge on any atom is 0.337 e. The molecule has 1 amide bonds. The maximum atomic E-state index is 11.9. The molecule has 0 saturated carbocycles. The SMILES string of the molecule is CC(C)NC(=O)Cn1c(=O)[nH]c2c(C(=O)O)cccc21. The average Bonchev–Trinajstić information content (AvgIpc) is 2.64. The highest BCUT2D eigenvalue weighted by Gasteiger charge is 2.16. The Balaban J connectivity index is 2.47. The lowest BCUT2D eigenvalue weighted by Crippen LogP contribution is -2.35. The number of carbonyl (C=O) groups is 2. The molecular formula is C13H15N3O4. The lowest BCUT2D eigenvalue weighted by Gasteiger charge is -2.08. The molecule has 1 heterocycles. The minimum Gasteiger partial charge on any atom is -0.478 e. The molecule has 0 radical (unpaired) electrons. The van der Waals surface area contributed by atoms with Crippen molar-refractivity contribution in [2.24, 2.45) is 0 Å². The van der Waals surface area contributed by atoms with Gasteiger partial charge in [-0.05, 0) is 26.0 Å². The molecule has 1 aromatic carbocycles. The summed E-state index contributed by atoms with van der Waals surface area (Å²) in [5.41, 5.74) is 0.117. The molecule has 0 fully saturated rings. The highest BCUT2D eigenvalue weighted by Crippen LogP contribution is 2.15. The number of para-hydroxylation sites is 1. The molecule has 3 N–H and O–H groups in total. The number of amides is 1. The van der Waals surface area contributed by atoms with Crippen LogP contribution in [0.15, 0.2) is 23.0 Å². The number of nitrogens with zero attached hydrogens (tertiary/aromatic N) is 1. The molecule has 20 heavy (non-hydrogen) atoms. The third kappa shape index (κ3) is 2.56. The van der Waals surface area contributed by atoms with E-state index in [4.69, 9.17) is 5.11 Å². The summed E-state index contributed by atoms with van der Waals surface area (Å²) in [5.74, 6) is -1.43. The van der Waals surface area contributed by atoms with Gasteiger partial charge in [0.05, 0.1) is 16.6 Å². The molecule has 1 aromatic heterocycles. The van der Waals surface area contributed by atoms with Crippen LogP contribution in [0.25, 0.3) is 11.0 Å². The van der Waals surface area contributed by atoms with Crippen molar-refractivity contribution < 1.29 is 14.7 Å². The third-order valence-corrected chi connectivity index (χ3v) is 2.79. The lowest BCUT2D eigenvalue weighted by atomic mass is 10.2. The van der Waals surface area contributed by atoms with E-state index in [-0.39, 0.29) is 29.6 Å². The Hall–Kier alpha value is -2.57. The van der Waals surface area contributed by atoms with E-state index in [2.05, 4.69) is 10.3 Å². The van der Waals surface area contributed by atoms with Gasteiger partial charge in [0.1, 0.15) is 6.54 Å². The van der Waals surface area contributed by atoms with Gasteiger partial charge in [0.25, 0.3) is 0 Å². The van der Waals surface area contributed by atoms with Crippen LogP contribution in [-0.2, 0) is 11.3 Å². The number of aromatic nitrogens is 2. The molecule has 7 heteroatoms. The second-order valence-corrected chi connectivity index (χ2v) is 4.74. The summed E-state index contributed by atoms with van der Waals surface area (Å²) in [6.45, 7) is 3.48. The number of carbonyl (C=O) groups excluding carboxylic acids is 1. The van der Waals surface area contributed by atoms with E-state index in [0.29, 0.717) is 5.52 Å². The lowest BCUT2D eigenvalue weighted by molar-refractivity contribution is -0.122. The second kappa shape index (κ2) is 5.20. The summed E-state index contributed by atoms with van der Waals surface area (Å²) in [5, 5.41) is 11.8. The van der Waals surface area contributed by atoms with Crippen molar-refractivity contribution in [2.75, 3.05) is 0 Å². The summed E-state index contributed by atoms with van der Waals surface area (Å²) in [6.07, 6.45) is 0. The number of carboxylic acid groups (broad SMARTS) is 1. The van der Waals surface area contributed by atoms with Crippen molar-refractivity contribution in [2.45, 2.75) is 26.4 Å². The molecular weight excluding hydrogens is 262 g/mol. The maximum absolute atomic E-state index is 11.9. The number of imidazole rings is 1. The van der Waals surface area contributed by atoms with Crippen molar-refractivity contribution in [1.82, 2.24) is 14.9 Å². The zero-order valence-electron chi connectivity index (χ0n) is 11.1. The Morgan fingerprint density at radius 2 is 2.10 bits per heavy atom. The monoisotopic (exact) mass is 277 g/mol. The molecule has 0 unspecified atom stereocenters. The quantitative estimate of drug-likeness (QED) is 0.759. The zero-order valence-corrected chi connectivity index (χ0v) is 11.1. The van der Waals surface area contributed by atoms with Crippen LogP contribution in [0.2, 0.25) is 0 Å². The fourth-order valence-electron chi connectivity index (χ4n) is 2.03. The first-order chi connectivity index (χ1) is 9.40. The van der Waals surface area contributed by atoms with E-state index < -0.39 is 11.7 Å². The molecule has 7 nitrogen and oxygen atoms in total. The van der Waals surface area contributed by atoms with Crippen molar-refractivity contribution in [3.05, 3.63) is 34.2 Å². The number of carboxylic acids is 1. The van der Waals surface area contributed by atoms with Crippen LogP contribution in [0.1, 0.15) is 24.2 Å². The van der Waals surface area contributed by atoms with Gasteiger partial charge in [0.2, 0.25) is 5.91 Å². The van der Waals surface area contributed by atoms with Crippen molar-refractivity contribution >= 4 is 22.9 Å².